The van der Waals surface area contributed by atoms with Crippen molar-refractivity contribution in [1.29, 1.82) is 0 Å². The van der Waals surface area contributed by atoms with Crippen LogP contribution in [0, 0.1) is 10.8 Å². The van der Waals surface area contributed by atoms with Crippen LogP contribution in [0.2, 0.25) is 0 Å². The maximum absolute atomic E-state index is 12.9. The zero-order valence-electron chi connectivity index (χ0n) is 20.3. The Morgan fingerprint density at radius 1 is 1.00 bits per heavy atom. The molecule has 1 aromatic heterocycles. The van der Waals surface area contributed by atoms with Gasteiger partial charge in [0.05, 0.1) is 16.8 Å². The number of fused-ring (bicyclic) bond motifs is 1. The lowest BCUT2D eigenvalue weighted by molar-refractivity contribution is -0.117. The summed E-state index contributed by atoms with van der Waals surface area (Å²) in [6.45, 7) is 11.1. The summed E-state index contributed by atoms with van der Waals surface area (Å²) in [7, 11) is 0. The van der Waals surface area contributed by atoms with E-state index < -0.39 is 0 Å². The minimum Gasteiger partial charge on any atom is -0.511 e. The third kappa shape index (κ3) is 5.76. The number of hydrogen-bond donors (Lipinski definition) is 1. The van der Waals surface area contributed by atoms with Crippen LogP contribution in [0.5, 0.6) is 0 Å². The first-order chi connectivity index (χ1) is 15.0. The summed E-state index contributed by atoms with van der Waals surface area (Å²) in [6, 6.07) is 0. The van der Waals surface area contributed by atoms with Crippen molar-refractivity contribution in [1.82, 2.24) is 5.16 Å². The molecule has 2 aliphatic rings. The van der Waals surface area contributed by atoms with E-state index in [2.05, 4.69) is 25.9 Å². The van der Waals surface area contributed by atoms with Gasteiger partial charge in [-0.3, -0.25) is 14.6 Å². The lowest BCUT2D eigenvalue weighted by Gasteiger charge is -2.31. The van der Waals surface area contributed by atoms with E-state index in [1.165, 1.54) is 12.8 Å². The van der Waals surface area contributed by atoms with Gasteiger partial charge >= 0.3 is 0 Å². The van der Waals surface area contributed by atoms with E-state index in [0.717, 1.165) is 18.6 Å². The fraction of sp³-hybridized carbons (Fsp3) is 0.692. The highest BCUT2D eigenvalue weighted by Crippen LogP contribution is 2.38. The minimum atomic E-state index is -0.159. The number of rotatable bonds is 8. The molecule has 0 aliphatic heterocycles. The van der Waals surface area contributed by atoms with Crippen molar-refractivity contribution >= 4 is 17.3 Å². The molecule has 0 spiro atoms. The molecule has 0 amide bonds. The molecule has 176 valence electrons. The number of aliphatic hydroxyl groups excluding tert-OH is 1. The number of ketones is 2. The molecule has 6 heteroatoms. The normalized spacial score (nSPS) is 22.8. The number of aliphatic imine (C=N–C) groups is 1. The van der Waals surface area contributed by atoms with Crippen LogP contribution < -0.4 is 0 Å². The molecule has 0 radical (unpaired) electrons. The maximum Gasteiger partial charge on any atom is 0.168 e. The summed E-state index contributed by atoms with van der Waals surface area (Å²) in [5.74, 6) is 0.687. The summed E-state index contributed by atoms with van der Waals surface area (Å²) < 4.78 is 5.47. The standard InChI is InChI=1S/C26H38N2O4/c1-6-7-8-9-12-27-18-13-25(2,3)14-20(30)23(18)19(29)11-10-17-24-21(31)15-26(4,5)16-22(24)32-28-17/h29H,6-16H2,1-5H3/b23-19-,27-18?. The molecule has 32 heavy (non-hydrogen) atoms. The Hall–Kier alpha value is -2.24. The first-order valence-corrected chi connectivity index (χ1v) is 12.0. The molecule has 0 bridgehead atoms. The van der Waals surface area contributed by atoms with Crippen LogP contribution in [-0.4, -0.2) is 34.1 Å². The van der Waals surface area contributed by atoms with Crippen molar-refractivity contribution in [3.63, 3.8) is 0 Å². The summed E-state index contributed by atoms with van der Waals surface area (Å²) in [6.07, 6.45) is 7.28. The molecular formula is C26H38N2O4. The lowest BCUT2D eigenvalue weighted by atomic mass is 9.73. The van der Waals surface area contributed by atoms with Gasteiger partial charge in [0.15, 0.2) is 11.6 Å². The molecular weight excluding hydrogens is 404 g/mol. The Morgan fingerprint density at radius 3 is 2.41 bits per heavy atom. The van der Waals surface area contributed by atoms with Gasteiger partial charge in [0.25, 0.3) is 0 Å². The lowest BCUT2D eigenvalue weighted by Crippen LogP contribution is -2.33. The number of allylic oxidation sites excluding steroid dienone is 2. The molecule has 2 aliphatic carbocycles. The Balaban J connectivity index is 1.78. The molecule has 1 aromatic rings. The molecule has 0 unspecified atom stereocenters. The van der Waals surface area contributed by atoms with Crippen LogP contribution in [0.15, 0.2) is 20.8 Å². The number of unbranched alkanes of at least 4 members (excludes halogenated alkanes) is 3. The number of nitrogens with zero attached hydrogens (tertiary/aromatic N) is 2. The third-order valence-electron chi connectivity index (χ3n) is 6.44. The number of carbonyl (C=O) groups is 2. The quantitative estimate of drug-likeness (QED) is 0.303. The molecule has 0 saturated heterocycles. The van der Waals surface area contributed by atoms with Crippen LogP contribution in [0.3, 0.4) is 0 Å². The zero-order chi connectivity index (χ0) is 23.5. The molecule has 0 atom stereocenters. The molecule has 6 nitrogen and oxygen atoms in total. The first-order valence-electron chi connectivity index (χ1n) is 12.0. The Kier molecular flexibility index (Phi) is 7.41. The summed E-state index contributed by atoms with van der Waals surface area (Å²) in [4.78, 5) is 30.3. The van der Waals surface area contributed by atoms with Gasteiger partial charge in [-0.25, -0.2) is 0 Å². The second-order valence-corrected chi connectivity index (χ2v) is 11.0. The second-order valence-electron chi connectivity index (χ2n) is 11.0. The van der Waals surface area contributed by atoms with Crippen LogP contribution in [0.1, 0.15) is 108 Å². The van der Waals surface area contributed by atoms with Crippen molar-refractivity contribution in [2.24, 2.45) is 15.8 Å². The third-order valence-corrected chi connectivity index (χ3v) is 6.44. The fourth-order valence-electron chi connectivity index (χ4n) is 4.86. The molecule has 1 heterocycles. The van der Waals surface area contributed by atoms with E-state index >= 15 is 0 Å². The zero-order valence-corrected chi connectivity index (χ0v) is 20.3. The van der Waals surface area contributed by atoms with Gasteiger partial charge < -0.3 is 9.63 Å². The van der Waals surface area contributed by atoms with Crippen molar-refractivity contribution in [2.75, 3.05) is 6.54 Å². The summed E-state index contributed by atoms with van der Waals surface area (Å²) in [5, 5.41) is 15.0. The number of aromatic nitrogens is 1. The van der Waals surface area contributed by atoms with E-state index in [0.29, 0.717) is 61.2 Å². The van der Waals surface area contributed by atoms with Gasteiger partial charge in [-0.2, -0.15) is 0 Å². The predicted molar refractivity (Wildman–Crippen MR) is 125 cm³/mol. The highest BCUT2D eigenvalue weighted by atomic mass is 16.5. The van der Waals surface area contributed by atoms with E-state index in [4.69, 9.17) is 9.52 Å². The van der Waals surface area contributed by atoms with Gasteiger partial charge in [-0.15, -0.1) is 0 Å². The molecule has 0 aromatic carbocycles. The summed E-state index contributed by atoms with van der Waals surface area (Å²) >= 11 is 0. The topological polar surface area (TPSA) is 92.8 Å². The molecule has 1 N–H and O–H groups in total. The van der Waals surface area contributed by atoms with Gasteiger partial charge in [-0.1, -0.05) is 59.0 Å². The monoisotopic (exact) mass is 442 g/mol. The van der Waals surface area contributed by atoms with Crippen molar-refractivity contribution in [2.45, 2.75) is 98.8 Å². The second kappa shape index (κ2) is 9.72. The van der Waals surface area contributed by atoms with E-state index in [1.807, 2.05) is 13.8 Å². The van der Waals surface area contributed by atoms with E-state index in [9.17, 15) is 14.7 Å². The van der Waals surface area contributed by atoms with Gasteiger partial charge in [0, 0.05) is 44.4 Å². The van der Waals surface area contributed by atoms with Crippen LogP contribution in [-0.2, 0) is 17.6 Å². The Morgan fingerprint density at radius 2 is 1.69 bits per heavy atom. The number of aliphatic hydroxyl groups is 1. The number of hydrogen-bond acceptors (Lipinski definition) is 6. The molecule has 1 fully saturated rings. The smallest absolute Gasteiger partial charge is 0.168 e. The van der Waals surface area contributed by atoms with Gasteiger partial charge in [0.1, 0.15) is 11.5 Å². The van der Waals surface area contributed by atoms with Crippen molar-refractivity contribution in [3.8, 4) is 0 Å². The van der Waals surface area contributed by atoms with Crippen molar-refractivity contribution in [3.05, 3.63) is 28.3 Å². The predicted octanol–water partition coefficient (Wildman–Crippen LogP) is 5.98. The van der Waals surface area contributed by atoms with Gasteiger partial charge in [-0.05, 0) is 23.7 Å². The number of carbonyl (C=O) groups excluding carboxylic acids is 2. The van der Waals surface area contributed by atoms with Crippen molar-refractivity contribution < 1.29 is 19.2 Å². The molecule has 3 rings (SSSR count). The number of aryl methyl sites for hydroxylation is 1. The molecule has 1 saturated carbocycles. The largest absolute Gasteiger partial charge is 0.511 e. The highest BCUT2D eigenvalue weighted by Gasteiger charge is 2.38. The number of Topliss-reactive ketones (excluding diaryl/α,β-unsaturated/α-hetero) is 2. The van der Waals surface area contributed by atoms with Gasteiger partial charge in [0.2, 0.25) is 0 Å². The van der Waals surface area contributed by atoms with E-state index in [-0.39, 0.29) is 34.6 Å². The van der Waals surface area contributed by atoms with Crippen LogP contribution in [0.25, 0.3) is 0 Å². The Bertz CT molecular complexity index is 934. The SMILES string of the molecule is CCCCCCN=C1CC(C)(C)CC(=O)/C1=C(\O)CCc1noc2c1C(=O)CC(C)(C)C2. The highest BCUT2D eigenvalue weighted by molar-refractivity contribution is 6.24. The summed E-state index contributed by atoms with van der Waals surface area (Å²) in [5.41, 5.74) is 1.96. The fourth-order valence-corrected chi connectivity index (χ4v) is 4.86. The average Bonchev–Trinajstić information content (AvgIpc) is 3.06. The average molecular weight is 443 g/mol. The Labute approximate surface area is 191 Å². The first kappa shape index (κ1) is 24.4. The minimum absolute atomic E-state index is 0.0458. The van der Waals surface area contributed by atoms with Crippen LogP contribution in [0.4, 0.5) is 0 Å². The maximum atomic E-state index is 12.9. The van der Waals surface area contributed by atoms with Crippen LogP contribution >= 0.6 is 0 Å². The van der Waals surface area contributed by atoms with E-state index in [1.54, 1.807) is 0 Å².